The molecule has 0 saturated heterocycles. The third-order valence-corrected chi connectivity index (χ3v) is 0.430. The summed E-state index contributed by atoms with van der Waals surface area (Å²) in [4.78, 5) is 0. The van der Waals surface area contributed by atoms with Crippen molar-refractivity contribution >= 4 is 6.21 Å². The van der Waals surface area contributed by atoms with Gasteiger partial charge in [-0.1, -0.05) is 6.08 Å². The molecule has 0 rings (SSSR count). The van der Waals surface area contributed by atoms with Crippen LogP contribution < -0.4 is 5.73 Å². The minimum Gasteiger partial charge on any atom is -0.405 e. The largest absolute Gasteiger partial charge is 0.405 e. The number of hydrogen-bond donors (Lipinski definition) is 2. The van der Waals surface area contributed by atoms with Crippen LogP contribution in [0.3, 0.4) is 0 Å². The standard InChI is InChI=1S/C5H8N2/c6-4-2-1-3-5-7/h1-6H,7H2/b2-1-,5-3+,6-4?. The van der Waals surface area contributed by atoms with Crippen molar-refractivity contribution in [1.29, 1.82) is 5.41 Å². The molecule has 0 amide bonds. The van der Waals surface area contributed by atoms with E-state index < -0.39 is 0 Å². The van der Waals surface area contributed by atoms with Gasteiger partial charge in [-0.15, -0.1) is 0 Å². The Morgan fingerprint density at radius 2 is 1.86 bits per heavy atom. The van der Waals surface area contributed by atoms with Gasteiger partial charge in [0.2, 0.25) is 0 Å². The molecule has 38 valence electrons. The Labute approximate surface area is 42.8 Å². The van der Waals surface area contributed by atoms with Crippen LogP contribution in [-0.2, 0) is 0 Å². The molecule has 0 heterocycles. The fourth-order valence-corrected chi connectivity index (χ4v) is 0.184. The van der Waals surface area contributed by atoms with E-state index >= 15 is 0 Å². The number of hydrogen-bond acceptors (Lipinski definition) is 2. The lowest BCUT2D eigenvalue weighted by Crippen LogP contribution is -1.72. The molecule has 0 fully saturated rings. The minimum atomic E-state index is 1.19. The average Bonchev–Trinajstić information content (AvgIpc) is 1.69. The highest BCUT2D eigenvalue weighted by atomic mass is 14.5. The van der Waals surface area contributed by atoms with Crippen molar-refractivity contribution in [3.63, 3.8) is 0 Å². The zero-order valence-corrected chi connectivity index (χ0v) is 3.96. The molecule has 0 unspecified atom stereocenters. The van der Waals surface area contributed by atoms with Crippen molar-refractivity contribution in [2.24, 2.45) is 5.73 Å². The molecule has 0 aromatic rings. The summed E-state index contributed by atoms with van der Waals surface area (Å²) in [5, 5.41) is 6.49. The first kappa shape index (κ1) is 5.95. The predicted octanol–water partition coefficient (Wildman–Crippen LogP) is 0.665. The Morgan fingerprint density at radius 1 is 1.14 bits per heavy atom. The molecule has 0 aliphatic rings. The van der Waals surface area contributed by atoms with Crippen molar-refractivity contribution in [3.05, 3.63) is 24.4 Å². The molecular weight excluding hydrogens is 88.1 g/mol. The maximum absolute atomic E-state index is 6.49. The van der Waals surface area contributed by atoms with Crippen molar-refractivity contribution < 1.29 is 0 Å². The molecule has 0 aliphatic carbocycles. The molecular formula is C5H8N2. The van der Waals surface area contributed by atoms with Gasteiger partial charge >= 0.3 is 0 Å². The lowest BCUT2D eigenvalue weighted by Gasteiger charge is -1.65. The van der Waals surface area contributed by atoms with E-state index in [4.69, 9.17) is 11.1 Å². The summed E-state index contributed by atoms with van der Waals surface area (Å²) < 4.78 is 0. The molecule has 0 saturated carbocycles. The molecule has 0 aromatic heterocycles. The zero-order chi connectivity index (χ0) is 5.54. The van der Waals surface area contributed by atoms with Crippen LogP contribution in [-0.4, -0.2) is 6.21 Å². The molecule has 0 aliphatic heterocycles. The van der Waals surface area contributed by atoms with Gasteiger partial charge in [-0.3, -0.25) is 0 Å². The highest BCUT2D eigenvalue weighted by molar-refractivity contribution is 5.67. The summed E-state index contributed by atoms with van der Waals surface area (Å²) in [5.41, 5.74) is 4.96. The first-order valence-corrected chi connectivity index (χ1v) is 1.96. The van der Waals surface area contributed by atoms with Gasteiger partial charge in [-0.05, 0) is 18.4 Å². The Hall–Kier alpha value is -1.05. The number of rotatable bonds is 2. The van der Waals surface area contributed by atoms with Gasteiger partial charge in [0.15, 0.2) is 0 Å². The molecule has 7 heavy (non-hydrogen) atoms. The summed E-state index contributed by atoms with van der Waals surface area (Å²) in [5.74, 6) is 0. The summed E-state index contributed by atoms with van der Waals surface area (Å²) in [7, 11) is 0. The molecule has 0 radical (unpaired) electrons. The lowest BCUT2D eigenvalue weighted by atomic mass is 10.5. The maximum atomic E-state index is 6.49. The van der Waals surface area contributed by atoms with E-state index in [1.54, 1.807) is 18.2 Å². The van der Waals surface area contributed by atoms with Gasteiger partial charge in [-0.25, -0.2) is 0 Å². The molecule has 0 spiro atoms. The number of nitrogens with one attached hydrogen (secondary N) is 1. The molecule has 2 nitrogen and oxygen atoms in total. The Bertz CT molecular complexity index is 92.3. The number of allylic oxidation sites excluding steroid dienone is 3. The monoisotopic (exact) mass is 96.1 g/mol. The molecule has 3 N–H and O–H groups in total. The SMILES string of the molecule is N=C/C=C\C=C\N. The maximum Gasteiger partial charge on any atom is 0.0177 e. The molecule has 0 aromatic carbocycles. The fourth-order valence-electron chi connectivity index (χ4n) is 0.184. The summed E-state index contributed by atoms with van der Waals surface area (Å²) >= 11 is 0. The van der Waals surface area contributed by atoms with E-state index in [1.807, 2.05) is 0 Å². The first-order chi connectivity index (χ1) is 3.41. The van der Waals surface area contributed by atoms with Crippen LogP contribution >= 0.6 is 0 Å². The van der Waals surface area contributed by atoms with Crippen molar-refractivity contribution in [2.45, 2.75) is 0 Å². The van der Waals surface area contributed by atoms with Crippen LogP contribution in [0.5, 0.6) is 0 Å². The third kappa shape index (κ3) is 4.95. The summed E-state index contributed by atoms with van der Waals surface area (Å²) in [6.45, 7) is 0. The Balaban J connectivity index is 3.27. The van der Waals surface area contributed by atoms with Crippen molar-refractivity contribution in [3.8, 4) is 0 Å². The van der Waals surface area contributed by atoms with Gasteiger partial charge in [0.1, 0.15) is 0 Å². The Morgan fingerprint density at radius 3 is 2.29 bits per heavy atom. The van der Waals surface area contributed by atoms with E-state index in [0.717, 1.165) is 0 Å². The average molecular weight is 96.1 g/mol. The normalized spacial score (nSPS) is 10.9. The highest BCUT2D eigenvalue weighted by Gasteiger charge is 1.53. The van der Waals surface area contributed by atoms with Crippen LogP contribution in [0, 0.1) is 5.41 Å². The van der Waals surface area contributed by atoms with Gasteiger partial charge in [-0.2, -0.15) is 0 Å². The van der Waals surface area contributed by atoms with Crippen LogP contribution in [0.1, 0.15) is 0 Å². The smallest absolute Gasteiger partial charge is 0.0177 e. The minimum absolute atomic E-state index is 1.19. The van der Waals surface area contributed by atoms with E-state index in [-0.39, 0.29) is 0 Å². The van der Waals surface area contributed by atoms with Crippen LogP contribution in [0.4, 0.5) is 0 Å². The van der Waals surface area contributed by atoms with E-state index in [0.29, 0.717) is 0 Å². The summed E-state index contributed by atoms with van der Waals surface area (Å²) in [6.07, 6.45) is 7.54. The summed E-state index contributed by atoms with van der Waals surface area (Å²) in [6, 6.07) is 0. The highest BCUT2D eigenvalue weighted by Crippen LogP contribution is 1.66. The molecule has 0 bridgehead atoms. The number of nitrogens with two attached hydrogens (primary N) is 1. The second-order valence-electron chi connectivity index (χ2n) is 0.936. The fraction of sp³-hybridized carbons (Fsp3) is 0. The zero-order valence-electron chi connectivity index (χ0n) is 3.96. The lowest BCUT2D eigenvalue weighted by molar-refractivity contribution is 1.57. The van der Waals surface area contributed by atoms with Gasteiger partial charge in [0.25, 0.3) is 0 Å². The quantitative estimate of drug-likeness (QED) is 0.385. The second kappa shape index (κ2) is 4.95. The first-order valence-electron chi connectivity index (χ1n) is 1.96. The predicted molar refractivity (Wildman–Crippen MR) is 31.3 cm³/mol. The second-order valence-corrected chi connectivity index (χ2v) is 0.936. The van der Waals surface area contributed by atoms with Crippen LogP contribution in [0.2, 0.25) is 0 Å². The molecule has 2 heteroatoms. The van der Waals surface area contributed by atoms with E-state index in [9.17, 15) is 0 Å². The van der Waals surface area contributed by atoms with E-state index in [2.05, 4.69) is 0 Å². The van der Waals surface area contributed by atoms with Crippen molar-refractivity contribution in [1.82, 2.24) is 0 Å². The Kier molecular flexibility index (Phi) is 4.21. The van der Waals surface area contributed by atoms with Crippen molar-refractivity contribution in [2.75, 3.05) is 0 Å². The van der Waals surface area contributed by atoms with Crippen LogP contribution in [0.15, 0.2) is 24.4 Å². The van der Waals surface area contributed by atoms with Gasteiger partial charge in [0, 0.05) is 6.21 Å². The van der Waals surface area contributed by atoms with E-state index in [1.165, 1.54) is 12.4 Å². The third-order valence-electron chi connectivity index (χ3n) is 0.430. The topological polar surface area (TPSA) is 49.9 Å². The van der Waals surface area contributed by atoms with Gasteiger partial charge < -0.3 is 11.1 Å². The van der Waals surface area contributed by atoms with Gasteiger partial charge in [0.05, 0.1) is 0 Å². The molecule has 0 atom stereocenters. The van der Waals surface area contributed by atoms with Crippen LogP contribution in [0.25, 0.3) is 0 Å².